The molecule has 1 amide bonds. The van der Waals surface area contributed by atoms with Gasteiger partial charge in [0.05, 0.1) is 28.7 Å². The van der Waals surface area contributed by atoms with Crippen molar-refractivity contribution in [2.45, 2.75) is 32.7 Å². The Morgan fingerprint density at radius 3 is 2.97 bits per heavy atom. The largest absolute Gasteiger partial charge is 0.493 e. The summed E-state index contributed by atoms with van der Waals surface area (Å²) in [6.45, 7) is 4.01. The van der Waals surface area contributed by atoms with Crippen molar-refractivity contribution in [2.75, 3.05) is 6.61 Å². The molecular formula is C20H20ClN3O4S. The van der Waals surface area contributed by atoms with Gasteiger partial charge in [-0.1, -0.05) is 28.1 Å². The van der Waals surface area contributed by atoms with E-state index in [0.29, 0.717) is 33.3 Å². The molecular weight excluding hydrogens is 414 g/mol. The second kappa shape index (κ2) is 8.42. The van der Waals surface area contributed by atoms with Gasteiger partial charge in [-0.05, 0) is 37.8 Å². The summed E-state index contributed by atoms with van der Waals surface area (Å²) in [6.07, 6.45) is 4.13. The quantitative estimate of drug-likeness (QED) is 0.523. The summed E-state index contributed by atoms with van der Waals surface area (Å²) >= 11 is 7.65. The van der Waals surface area contributed by atoms with Crippen LogP contribution in [0.4, 0.5) is 0 Å². The minimum atomic E-state index is -0.267. The van der Waals surface area contributed by atoms with E-state index in [0.717, 1.165) is 17.2 Å². The number of nitrogens with zero attached hydrogens (tertiary/aromatic N) is 2. The Hall–Kier alpha value is -2.58. The lowest BCUT2D eigenvalue weighted by molar-refractivity contribution is -0.119. The molecule has 0 bridgehead atoms. The number of hydrogen-bond donors (Lipinski definition) is 1. The number of nitrogens with one attached hydrogen (secondary N) is 1. The second-order valence-corrected chi connectivity index (χ2v) is 8.38. The summed E-state index contributed by atoms with van der Waals surface area (Å²) in [5, 5.41) is 7.71. The molecule has 0 saturated heterocycles. The lowest BCUT2D eigenvalue weighted by Gasteiger charge is -2.08. The van der Waals surface area contributed by atoms with E-state index in [-0.39, 0.29) is 11.9 Å². The van der Waals surface area contributed by atoms with Crippen LogP contribution in [0.25, 0.3) is 10.6 Å². The van der Waals surface area contributed by atoms with E-state index in [4.69, 9.17) is 25.6 Å². The average Bonchev–Trinajstić information content (AvgIpc) is 3.17. The summed E-state index contributed by atoms with van der Waals surface area (Å²) in [4.78, 5) is 16.2. The summed E-state index contributed by atoms with van der Waals surface area (Å²) < 4.78 is 16.9. The van der Waals surface area contributed by atoms with Gasteiger partial charge in [0.2, 0.25) is 5.91 Å². The molecule has 1 aliphatic carbocycles. The summed E-state index contributed by atoms with van der Waals surface area (Å²) in [7, 11) is 0. The Labute approximate surface area is 177 Å². The number of benzene rings is 1. The van der Waals surface area contributed by atoms with Crippen LogP contribution in [0.15, 0.2) is 35.0 Å². The molecule has 0 spiro atoms. The minimum Gasteiger partial charge on any atom is -0.493 e. The number of carbonyl (C=O) groups is 1. The molecule has 9 heteroatoms. The first kappa shape index (κ1) is 19.7. The Kier molecular flexibility index (Phi) is 5.73. The second-order valence-electron chi connectivity index (χ2n) is 6.98. The smallest absolute Gasteiger partial charge is 0.279 e. The van der Waals surface area contributed by atoms with E-state index in [2.05, 4.69) is 15.5 Å². The lowest BCUT2D eigenvalue weighted by Crippen LogP contribution is -2.23. The van der Waals surface area contributed by atoms with Crippen LogP contribution in [0, 0.1) is 5.92 Å². The van der Waals surface area contributed by atoms with Crippen LogP contribution >= 0.6 is 22.9 Å². The van der Waals surface area contributed by atoms with Crippen LogP contribution in [-0.4, -0.2) is 22.7 Å². The summed E-state index contributed by atoms with van der Waals surface area (Å²) in [5.74, 6) is 2.35. The molecule has 0 aliphatic heterocycles. The first-order chi connectivity index (χ1) is 14.0. The summed E-state index contributed by atoms with van der Waals surface area (Å²) in [6, 6.07) is 6.87. The van der Waals surface area contributed by atoms with Crippen molar-refractivity contribution in [1.82, 2.24) is 15.5 Å². The Balaban J connectivity index is 1.41. The number of halogens is 1. The fourth-order valence-electron chi connectivity index (χ4n) is 2.66. The predicted octanol–water partition coefficient (Wildman–Crippen LogP) is 5.23. The number of rotatable bonds is 8. The molecule has 7 nitrogen and oxygen atoms in total. The van der Waals surface area contributed by atoms with Gasteiger partial charge >= 0.3 is 0 Å². The zero-order chi connectivity index (χ0) is 20.4. The van der Waals surface area contributed by atoms with Crippen molar-refractivity contribution < 1.29 is 18.8 Å². The van der Waals surface area contributed by atoms with Crippen LogP contribution in [0.3, 0.4) is 0 Å². The number of ether oxygens (including phenoxy) is 2. The van der Waals surface area contributed by atoms with Crippen molar-refractivity contribution >= 4 is 28.8 Å². The molecule has 1 atom stereocenters. The standard InChI is InChI=1S/C20H20ClN3O4S/c1-11(23-12(2)25)18-8-16(24-28-18)19-9-22-20(29-19)27-17-6-5-14(7-15(17)21)26-10-13-3-4-13/h5-9,11,13H,3-4,10H2,1-2H3,(H,23,25). The third-order valence-corrected chi connectivity index (χ3v) is 5.59. The van der Waals surface area contributed by atoms with Gasteiger partial charge < -0.3 is 19.3 Å². The number of thiazole rings is 1. The van der Waals surface area contributed by atoms with Gasteiger partial charge in [-0.3, -0.25) is 4.79 Å². The number of carbonyl (C=O) groups excluding carboxylic acids is 1. The molecule has 1 aliphatic rings. The monoisotopic (exact) mass is 433 g/mol. The van der Waals surface area contributed by atoms with Crippen molar-refractivity contribution in [3.05, 3.63) is 41.2 Å². The summed E-state index contributed by atoms with van der Waals surface area (Å²) in [5.41, 5.74) is 0.625. The third kappa shape index (κ3) is 5.07. The van der Waals surface area contributed by atoms with Crippen molar-refractivity contribution in [2.24, 2.45) is 5.92 Å². The van der Waals surface area contributed by atoms with Crippen LogP contribution in [0.1, 0.15) is 38.5 Å². The molecule has 1 unspecified atom stereocenters. The van der Waals surface area contributed by atoms with Crippen LogP contribution in [0.5, 0.6) is 16.7 Å². The third-order valence-electron chi connectivity index (χ3n) is 4.40. The molecule has 1 N–H and O–H groups in total. The number of amides is 1. The van der Waals surface area contributed by atoms with Gasteiger partial charge in [-0.25, -0.2) is 4.98 Å². The van der Waals surface area contributed by atoms with E-state index in [9.17, 15) is 4.79 Å². The molecule has 1 fully saturated rings. The minimum absolute atomic E-state index is 0.134. The van der Waals surface area contributed by atoms with E-state index >= 15 is 0 Å². The van der Waals surface area contributed by atoms with E-state index in [1.165, 1.54) is 31.1 Å². The molecule has 0 radical (unpaired) electrons. The SMILES string of the molecule is CC(=O)NC(C)c1cc(-c2cnc(Oc3ccc(OCC4CC4)cc3Cl)s2)no1. The maximum Gasteiger partial charge on any atom is 0.279 e. The zero-order valence-corrected chi connectivity index (χ0v) is 17.5. The maximum absolute atomic E-state index is 11.2. The van der Waals surface area contributed by atoms with E-state index < -0.39 is 0 Å². The predicted molar refractivity (Wildman–Crippen MR) is 110 cm³/mol. The zero-order valence-electron chi connectivity index (χ0n) is 16.0. The van der Waals surface area contributed by atoms with Crippen LogP contribution in [0.2, 0.25) is 5.02 Å². The Bertz CT molecular complexity index is 1010. The Morgan fingerprint density at radius 2 is 2.24 bits per heavy atom. The van der Waals surface area contributed by atoms with Crippen LogP contribution in [-0.2, 0) is 4.79 Å². The fraction of sp³-hybridized carbons (Fsp3) is 0.350. The van der Waals surface area contributed by atoms with Gasteiger partial charge in [-0.2, -0.15) is 0 Å². The van der Waals surface area contributed by atoms with Gasteiger partial charge in [0.25, 0.3) is 5.19 Å². The van der Waals surface area contributed by atoms with Gasteiger partial charge in [0, 0.05) is 19.1 Å². The maximum atomic E-state index is 11.2. The highest BCUT2D eigenvalue weighted by atomic mass is 35.5. The highest BCUT2D eigenvalue weighted by Crippen LogP contribution is 2.37. The highest BCUT2D eigenvalue weighted by Gasteiger charge is 2.22. The normalized spacial score (nSPS) is 14.4. The van der Waals surface area contributed by atoms with Crippen molar-refractivity contribution in [3.63, 3.8) is 0 Å². The lowest BCUT2D eigenvalue weighted by atomic mass is 10.2. The molecule has 1 saturated carbocycles. The highest BCUT2D eigenvalue weighted by molar-refractivity contribution is 7.16. The molecule has 29 heavy (non-hydrogen) atoms. The average molecular weight is 434 g/mol. The molecule has 3 aromatic rings. The molecule has 152 valence electrons. The molecule has 1 aromatic carbocycles. The number of aromatic nitrogens is 2. The number of hydrogen-bond acceptors (Lipinski definition) is 7. The van der Waals surface area contributed by atoms with E-state index in [1.54, 1.807) is 24.4 Å². The fourth-order valence-corrected chi connectivity index (χ4v) is 3.60. The first-order valence-electron chi connectivity index (χ1n) is 9.28. The molecule has 4 rings (SSSR count). The van der Waals surface area contributed by atoms with Gasteiger partial charge in [0.15, 0.2) is 5.76 Å². The molecule has 2 heterocycles. The van der Waals surface area contributed by atoms with Crippen molar-refractivity contribution in [1.29, 1.82) is 0 Å². The van der Waals surface area contributed by atoms with Gasteiger partial charge in [0.1, 0.15) is 17.2 Å². The van der Waals surface area contributed by atoms with Gasteiger partial charge in [-0.15, -0.1) is 0 Å². The Morgan fingerprint density at radius 1 is 1.41 bits per heavy atom. The molecule has 2 aromatic heterocycles. The van der Waals surface area contributed by atoms with Crippen molar-refractivity contribution in [3.8, 4) is 27.3 Å². The first-order valence-corrected chi connectivity index (χ1v) is 10.5. The topological polar surface area (TPSA) is 86.5 Å². The van der Waals surface area contributed by atoms with Crippen LogP contribution < -0.4 is 14.8 Å². The van der Waals surface area contributed by atoms with E-state index in [1.807, 2.05) is 13.0 Å².